The first-order valence-corrected chi connectivity index (χ1v) is 6.85. The molecule has 1 unspecified atom stereocenters. The first-order valence-electron chi connectivity index (χ1n) is 5.97. The number of methoxy groups -OCH3 is 1. The van der Waals surface area contributed by atoms with Gasteiger partial charge >= 0.3 is 0 Å². The summed E-state index contributed by atoms with van der Waals surface area (Å²) in [6, 6.07) is 0. The summed E-state index contributed by atoms with van der Waals surface area (Å²) in [5.41, 5.74) is 0.942. The Morgan fingerprint density at radius 2 is 2.20 bits per heavy atom. The maximum atomic E-state index is 14.9. The minimum atomic E-state index is -2.48. The van der Waals surface area contributed by atoms with Crippen LogP contribution in [-0.2, 0) is 16.1 Å². The van der Waals surface area contributed by atoms with Crippen LogP contribution in [0.1, 0.15) is 28.8 Å². The van der Waals surface area contributed by atoms with Gasteiger partial charge in [-0.25, -0.2) is 4.39 Å². The minimum Gasteiger partial charge on any atom is -0.487 e. The number of ether oxygens (including phenoxy) is 1. The van der Waals surface area contributed by atoms with E-state index in [-0.39, 0.29) is 19.4 Å². The number of halogens is 1. The van der Waals surface area contributed by atoms with Crippen molar-refractivity contribution >= 4 is 29.1 Å². The maximum absolute atomic E-state index is 14.9. The number of hydrogen-bond acceptors (Lipinski definition) is 5. The molecule has 3 amide bonds. The van der Waals surface area contributed by atoms with E-state index < -0.39 is 23.5 Å². The van der Waals surface area contributed by atoms with Gasteiger partial charge in [-0.05, 0) is 0 Å². The lowest BCUT2D eigenvalue weighted by molar-refractivity contribution is -0.154. The van der Waals surface area contributed by atoms with Gasteiger partial charge in [0.1, 0.15) is 0 Å². The summed E-state index contributed by atoms with van der Waals surface area (Å²) < 4.78 is 20.0. The van der Waals surface area contributed by atoms with Crippen LogP contribution in [0.5, 0.6) is 5.06 Å². The highest BCUT2D eigenvalue weighted by Crippen LogP contribution is 2.41. The smallest absolute Gasteiger partial charge is 0.285 e. The molecular formula is C12H11FN2O4S. The molecule has 2 aliphatic heterocycles. The fraction of sp³-hybridized carbons (Fsp3) is 0.417. The van der Waals surface area contributed by atoms with E-state index in [1.54, 1.807) is 5.38 Å². The molecule has 0 bridgehead atoms. The van der Waals surface area contributed by atoms with Crippen LogP contribution in [0.15, 0.2) is 5.38 Å². The van der Waals surface area contributed by atoms with E-state index in [1.165, 1.54) is 18.4 Å². The summed E-state index contributed by atoms with van der Waals surface area (Å²) in [5.74, 6) is -4.63. The first kappa shape index (κ1) is 13.0. The van der Waals surface area contributed by atoms with Crippen LogP contribution in [-0.4, -0.2) is 35.5 Å². The largest absolute Gasteiger partial charge is 0.487 e. The summed E-state index contributed by atoms with van der Waals surface area (Å²) >= 11 is 1.26. The standard InChI is InChI=1S/C12H11FN2O4S/c1-19-10-6-4-15(9(17)7(6)5-20-10)12(13)3-2-8(16)14-11(12)18/h5H,2-4H2,1H3,(H,14,16,18). The Morgan fingerprint density at radius 1 is 1.45 bits per heavy atom. The average Bonchev–Trinajstić information content (AvgIpc) is 2.95. The molecule has 1 atom stereocenters. The number of nitrogens with zero attached hydrogens (tertiary/aromatic N) is 1. The highest BCUT2D eigenvalue weighted by Gasteiger charge is 2.53. The number of hydrogen-bond donors (Lipinski definition) is 1. The molecule has 1 saturated heterocycles. The van der Waals surface area contributed by atoms with Crippen LogP contribution in [0.25, 0.3) is 0 Å². The molecule has 0 saturated carbocycles. The van der Waals surface area contributed by atoms with Crippen molar-refractivity contribution in [3.05, 3.63) is 16.5 Å². The molecule has 0 radical (unpaired) electrons. The van der Waals surface area contributed by atoms with E-state index >= 15 is 0 Å². The van der Waals surface area contributed by atoms with Crippen LogP contribution in [0.3, 0.4) is 0 Å². The molecule has 2 aliphatic rings. The van der Waals surface area contributed by atoms with Crippen LogP contribution in [0.2, 0.25) is 0 Å². The molecule has 106 valence electrons. The zero-order valence-corrected chi connectivity index (χ0v) is 11.4. The normalized spacial score (nSPS) is 25.7. The number of carbonyl (C=O) groups excluding carboxylic acids is 3. The molecule has 1 aromatic rings. The molecule has 1 aromatic heterocycles. The van der Waals surface area contributed by atoms with Crippen molar-refractivity contribution < 1.29 is 23.5 Å². The van der Waals surface area contributed by atoms with Crippen molar-refractivity contribution in [3.8, 4) is 5.06 Å². The number of rotatable bonds is 2. The van der Waals surface area contributed by atoms with Crippen LogP contribution in [0.4, 0.5) is 4.39 Å². The van der Waals surface area contributed by atoms with Gasteiger partial charge in [0, 0.05) is 23.8 Å². The minimum absolute atomic E-state index is 0.0288. The van der Waals surface area contributed by atoms with E-state index in [0.29, 0.717) is 16.2 Å². The van der Waals surface area contributed by atoms with Gasteiger partial charge in [0.15, 0.2) is 5.06 Å². The van der Waals surface area contributed by atoms with Gasteiger partial charge < -0.3 is 4.74 Å². The van der Waals surface area contributed by atoms with Gasteiger partial charge in [-0.15, -0.1) is 11.3 Å². The van der Waals surface area contributed by atoms with Crippen LogP contribution >= 0.6 is 11.3 Å². The van der Waals surface area contributed by atoms with Crippen molar-refractivity contribution in [3.63, 3.8) is 0 Å². The summed E-state index contributed by atoms with van der Waals surface area (Å²) in [4.78, 5) is 36.0. The molecule has 6 nitrogen and oxygen atoms in total. The van der Waals surface area contributed by atoms with Gasteiger partial charge in [0.25, 0.3) is 17.6 Å². The third-order valence-electron chi connectivity index (χ3n) is 3.54. The number of fused-ring (bicyclic) bond motifs is 1. The van der Waals surface area contributed by atoms with Crippen LogP contribution < -0.4 is 10.1 Å². The topological polar surface area (TPSA) is 75.7 Å². The quantitative estimate of drug-likeness (QED) is 0.648. The van der Waals surface area contributed by atoms with Crippen LogP contribution in [0, 0.1) is 0 Å². The zero-order valence-electron chi connectivity index (χ0n) is 10.6. The highest BCUT2D eigenvalue weighted by molar-refractivity contribution is 7.12. The second kappa shape index (κ2) is 4.27. The maximum Gasteiger partial charge on any atom is 0.285 e. The zero-order chi connectivity index (χ0) is 14.5. The molecule has 0 aromatic carbocycles. The number of piperidine rings is 1. The lowest BCUT2D eigenvalue weighted by Crippen LogP contribution is -2.60. The molecule has 3 heterocycles. The second-order valence-corrected chi connectivity index (χ2v) is 5.49. The van der Waals surface area contributed by atoms with Crippen molar-refractivity contribution in [2.24, 2.45) is 0 Å². The van der Waals surface area contributed by atoms with Crippen molar-refractivity contribution in [2.75, 3.05) is 7.11 Å². The lowest BCUT2D eigenvalue weighted by Gasteiger charge is -2.35. The van der Waals surface area contributed by atoms with Gasteiger partial charge in [-0.3, -0.25) is 24.6 Å². The summed E-state index contributed by atoms with van der Waals surface area (Å²) in [6.07, 6.45) is -0.449. The Labute approximate surface area is 117 Å². The highest BCUT2D eigenvalue weighted by atomic mass is 32.1. The molecule has 1 fully saturated rings. The van der Waals surface area contributed by atoms with E-state index in [1.807, 2.05) is 5.32 Å². The number of nitrogens with one attached hydrogen (secondary N) is 1. The van der Waals surface area contributed by atoms with Gasteiger partial charge in [0.2, 0.25) is 5.91 Å². The SMILES string of the molecule is COc1scc2c1CN(C1(F)CCC(=O)NC1=O)C2=O. The molecule has 3 rings (SSSR count). The van der Waals surface area contributed by atoms with Gasteiger partial charge in [-0.1, -0.05) is 0 Å². The molecule has 1 N–H and O–H groups in total. The predicted octanol–water partition coefficient (Wildman–Crippen LogP) is 0.815. The van der Waals surface area contributed by atoms with E-state index in [0.717, 1.165) is 4.90 Å². The number of alkyl halides is 1. The third-order valence-corrected chi connectivity index (χ3v) is 4.53. The van der Waals surface area contributed by atoms with Gasteiger partial charge in [0.05, 0.1) is 19.2 Å². The lowest BCUT2D eigenvalue weighted by atomic mass is 10.0. The number of thiophene rings is 1. The third kappa shape index (κ3) is 1.64. The van der Waals surface area contributed by atoms with Crippen molar-refractivity contribution in [1.82, 2.24) is 10.2 Å². The van der Waals surface area contributed by atoms with E-state index in [2.05, 4.69) is 0 Å². The molecular weight excluding hydrogens is 287 g/mol. The average molecular weight is 298 g/mol. The Morgan fingerprint density at radius 3 is 2.85 bits per heavy atom. The summed E-state index contributed by atoms with van der Waals surface area (Å²) in [5, 5.41) is 4.06. The Kier molecular flexibility index (Phi) is 2.79. The second-order valence-electron chi connectivity index (χ2n) is 4.65. The Bertz CT molecular complexity index is 629. The number of carbonyl (C=O) groups is 3. The van der Waals surface area contributed by atoms with E-state index in [9.17, 15) is 18.8 Å². The predicted molar refractivity (Wildman–Crippen MR) is 67.0 cm³/mol. The Hall–Kier alpha value is -1.96. The molecule has 0 aliphatic carbocycles. The number of imide groups is 1. The monoisotopic (exact) mass is 298 g/mol. The Balaban J connectivity index is 1.93. The summed E-state index contributed by atoms with van der Waals surface area (Å²) in [6.45, 7) is -0.0288. The molecule has 8 heteroatoms. The summed E-state index contributed by atoms with van der Waals surface area (Å²) in [7, 11) is 1.47. The van der Waals surface area contributed by atoms with Gasteiger partial charge in [-0.2, -0.15) is 0 Å². The van der Waals surface area contributed by atoms with Crippen molar-refractivity contribution in [2.45, 2.75) is 25.2 Å². The molecule has 0 spiro atoms. The van der Waals surface area contributed by atoms with Crippen molar-refractivity contribution in [1.29, 1.82) is 0 Å². The first-order chi connectivity index (χ1) is 9.47. The fourth-order valence-electron chi connectivity index (χ4n) is 2.46. The fourth-order valence-corrected chi connectivity index (χ4v) is 3.34. The van der Waals surface area contributed by atoms with E-state index in [4.69, 9.17) is 4.74 Å². The number of amides is 3. The molecule has 20 heavy (non-hydrogen) atoms.